The first kappa shape index (κ1) is 14.8. The molecule has 1 aliphatic carbocycles. The Hall–Kier alpha value is -1.75. The molecular weight excluding hydrogens is 292 g/mol. The van der Waals surface area contributed by atoms with E-state index in [9.17, 15) is 9.90 Å². The van der Waals surface area contributed by atoms with E-state index in [-0.39, 0.29) is 23.3 Å². The molecule has 2 unspecified atom stereocenters. The molecule has 2 N–H and O–H groups in total. The topological polar surface area (TPSA) is 61.8 Å². The van der Waals surface area contributed by atoms with Gasteiger partial charge in [-0.3, -0.25) is 4.79 Å². The number of nitrogens with one attached hydrogen (secondary N) is 1. The number of benzene rings is 1. The summed E-state index contributed by atoms with van der Waals surface area (Å²) in [6.45, 7) is 4.95. The summed E-state index contributed by atoms with van der Waals surface area (Å²) < 4.78 is 5.49. The molecule has 2 aliphatic heterocycles. The minimum absolute atomic E-state index is 0.00595. The molecule has 0 bridgehead atoms. The maximum absolute atomic E-state index is 13.0. The summed E-state index contributed by atoms with van der Waals surface area (Å²) in [6, 6.07) is 3.65. The lowest BCUT2D eigenvalue weighted by Gasteiger charge is -2.25. The Morgan fingerprint density at radius 1 is 1.39 bits per heavy atom. The van der Waals surface area contributed by atoms with Gasteiger partial charge in [0.15, 0.2) is 0 Å². The van der Waals surface area contributed by atoms with Crippen molar-refractivity contribution in [2.45, 2.75) is 51.3 Å². The first-order valence-electron chi connectivity index (χ1n) is 8.42. The van der Waals surface area contributed by atoms with Crippen molar-refractivity contribution in [2.24, 2.45) is 5.41 Å². The van der Waals surface area contributed by atoms with Crippen LogP contribution in [0.25, 0.3) is 0 Å². The number of hydrogen-bond donors (Lipinski definition) is 2. The first-order chi connectivity index (χ1) is 10.9. The number of ether oxygens (including phenoxy) is 1. The second kappa shape index (κ2) is 4.87. The first-order valence-corrected chi connectivity index (χ1v) is 8.42. The average Bonchev–Trinajstić information content (AvgIpc) is 3.17. The molecular formula is C18H24N2O3. The summed E-state index contributed by atoms with van der Waals surface area (Å²) in [6.07, 6.45) is 2.52. The molecule has 5 heteroatoms. The number of aliphatic hydroxyl groups excluding tert-OH is 1. The Labute approximate surface area is 136 Å². The van der Waals surface area contributed by atoms with Crippen molar-refractivity contribution in [3.63, 3.8) is 0 Å². The van der Waals surface area contributed by atoms with Crippen LogP contribution in [0.4, 0.5) is 5.69 Å². The zero-order valence-corrected chi connectivity index (χ0v) is 13.9. The Kier molecular flexibility index (Phi) is 3.14. The van der Waals surface area contributed by atoms with Crippen LogP contribution in [0.15, 0.2) is 12.1 Å². The molecule has 1 aromatic carbocycles. The molecule has 2 fully saturated rings. The van der Waals surface area contributed by atoms with Crippen molar-refractivity contribution in [2.75, 3.05) is 19.0 Å². The van der Waals surface area contributed by atoms with Crippen LogP contribution in [0.2, 0.25) is 0 Å². The Bertz CT molecular complexity index is 666. The number of carbonyl (C=O) groups excluding carboxylic acids is 1. The third-order valence-corrected chi connectivity index (χ3v) is 5.66. The Morgan fingerprint density at radius 2 is 2.13 bits per heavy atom. The van der Waals surface area contributed by atoms with E-state index in [1.54, 1.807) is 7.11 Å². The van der Waals surface area contributed by atoms with Crippen LogP contribution in [0.3, 0.4) is 0 Å². The van der Waals surface area contributed by atoms with Gasteiger partial charge < -0.3 is 20.1 Å². The molecule has 124 valence electrons. The lowest BCUT2D eigenvalue weighted by Crippen LogP contribution is -2.43. The summed E-state index contributed by atoms with van der Waals surface area (Å²) >= 11 is 0. The zero-order chi connectivity index (χ0) is 16.4. The van der Waals surface area contributed by atoms with Gasteiger partial charge in [-0.25, -0.2) is 0 Å². The third-order valence-electron chi connectivity index (χ3n) is 5.66. The molecule has 0 aromatic heterocycles. The number of fused-ring (bicyclic) bond motifs is 2. The van der Waals surface area contributed by atoms with E-state index in [1.807, 2.05) is 17.0 Å². The van der Waals surface area contributed by atoms with Crippen LogP contribution in [0.1, 0.15) is 54.9 Å². The van der Waals surface area contributed by atoms with E-state index in [1.165, 1.54) is 12.8 Å². The number of methoxy groups -OCH3 is 1. The van der Waals surface area contributed by atoms with Crippen molar-refractivity contribution in [3.05, 3.63) is 23.3 Å². The van der Waals surface area contributed by atoms with Crippen molar-refractivity contribution in [1.82, 2.24) is 4.90 Å². The van der Waals surface area contributed by atoms with Gasteiger partial charge in [-0.1, -0.05) is 13.8 Å². The summed E-state index contributed by atoms with van der Waals surface area (Å²) in [5.41, 5.74) is 2.62. The van der Waals surface area contributed by atoms with E-state index in [2.05, 4.69) is 19.2 Å². The number of hydrogen-bond acceptors (Lipinski definition) is 4. The van der Waals surface area contributed by atoms with Crippen LogP contribution >= 0.6 is 0 Å². The maximum Gasteiger partial charge on any atom is 0.256 e. The predicted molar refractivity (Wildman–Crippen MR) is 87.8 cm³/mol. The normalized spacial score (nSPS) is 27.5. The van der Waals surface area contributed by atoms with Gasteiger partial charge in [0.05, 0.1) is 18.7 Å². The van der Waals surface area contributed by atoms with Crippen LogP contribution < -0.4 is 10.1 Å². The highest BCUT2D eigenvalue weighted by atomic mass is 16.5. The fraction of sp³-hybridized carbons (Fsp3) is 0.611. The van der Waals surface area contributed by atoms with Gasteiger partial charge in [0.2, 0.25) is 0 Å². The number of aliphatic hydroxyl groups is 1. The summed E-state index contributed by atoms with van der Waals surface area (Å²) in [5.74, 6) is 1.02. The smallest absolute Gasteiger partial charge is 0.256 e. The summed E-state index contributed by atoms with van der Waals surface area (Å²) in [5, 5.41) is 13.8. The van der Waals surface area contributed by atoms with Gasteiger partial charge >= 0.3 is 0 Å². The second-order valence-electron chi connectivity index (χ2n) is 7.59. The monoisotopic (exact) mass is 316 g/mol. The number of nitrogens with zero attached hydrogens (tertiary/aromatic N) is 1. The zero-order valence-electron chi connectivity index (χ0n) is 13.9. The highest BCUT2D eigenvalue weighted by molar-refractivity contribution is 6.01. The summed E-state index contributed by atoms with van der Waals surface area (Å²) in [7, 11) is 1.63. The highest BCUT2D eigenvalue weighted by Gasteiger charge is 2.56. The van der Waals surface area contributed by atoms with E-state index in [0.717, 1.165) is 24.3 Å². The molecule has 23 heavy (non-hydrogen) atoms. The lowest BCUT2D eigenvalue weighted by molar-refractivity contribution is 0.0580. The van der Waals surface area contributed by atoms with Crippen molar-refractivity contribution in [3.8, 4) is 5.75 Å². The number of amides is 1. The molecule has 1 saturated carbocycles. The Balaban J connectivity index is 1.79. The number of carbonyl (C=O) groups is 1. The fourth-order valence-corrected chi connectivity index (χ4v) is 4.07. The van der Waals surface area contributed by atoms with E-state index in [4.69, 9.17) is 4.74 Å². The van der Waals surface area contributed by atoms with Gasteiger partial charge in [0, 0.05) is 12.2 Å². The van der Waals surface area contributed by atoms with Crippen molar-refractivity contribution >= 4 is 11.6 Å². The SMILES string of the molecule is COc1cc2c(cc1C(C)C)NC(O)C1CC3(CC3)CN1C2=O. The van der Waals surface area contributed by atoms with Crippen LogP contribution in [-0.4, -0.2) is 41.8 Å². The average molecular weight is 316 g/mol. The molecule has 1 aromatic rings. The van der Waals surface area contributed by atoms with Crippen LogP contribution in [0.5, 0.6) is 5.75 Å². The quantitative estimate of drug-likeness (QED) is 0.880. The summed E-state index contributed by atoms with van der Waals surface area (Å²) in [4.78, 5) is 14.9. The third kappa shape index (κ3) is 2.21. The van der Waals surface area contributed by atoms with E-state index >= 15 is 0 Å². The van der Waals surface area contributed by atoms with Crippen molar-refractivity contribution in [1.29, 1.82) is 0 Å². The van der Waals surface area contributed by atoms with E-state index < -0.39 is 6.23 Å². The van der Waals surface area contributed by atoms with Gasteiger partial charge in [0.1, 0.15) is 12.0 Å². The molecule has 5 nitrogen and oxygen atoms in total. The Morgan fingerprint density at radius 3 is 2.74 bits per heavy atom. The maximum atomic E-state index is 13.0. The van der Waals surface area contributed by atoms with Crippen LogP contribution in [0, 0.1) is 5.41 Å². The molecule has 1 amide bonds. The number of rotatable bonds is 2. The molecule has 1 saturated heterocycles. The van der Waals surface area contributed by atoms with Crippen LogP contribution in [-0.2, 0) is 0 Å². The van der Waals surface area contributed by atoms with Gasteiger partial charge in [0.25, 0.3) is 5.91 Å². The minimum Gasteiger partial charge on any atom is -0.496 e. The van der Waals surface area contributed by atoms with E-state index in [0.29, 0.717) is 11.3 Å². The largest absolute Gasteiger partial charge is 0.496 e. The second-order valence-corrected chi connectivity index (χ2v) is 7.59. The fourth-order valence-electron chi connectivity index (χ4n) is 4.07. The predicted octanol–water partition coefficient (Wildman–Crippen LogP) is 2.56. The molecule has 3 aliphatic rings. The number of anilines is 1. The molecule has 0 radical (unpaired) electrons. The molecule has 4 rings (SSSR count). The van der Waals surface area contributed by atoms with Crippen molar-refractivity contribution < 1.29 is 14.6 Å². The minimum atomic E-state index is -0.714. The lowest BCUT2D eigenvalue weighted by atomic mass is 9.98. The molecule has 2 atom stereocenters. The van der Waals surface area contributed by atoms with Gasteiger partial charge in [-0.15, -0.1) is 0 Å². The van der Waals surface area contributed by atoms with Gasteiger partial charge in [-0.05, 0) is 48.3 Å². The molecule has 2 heterocycles. The van der Waals surface area contributed by atoms with Gasteiger partial charge in [-0.2, -0.15) is 0 Å². The molecule has 1 spiro atoms. The standard InChI is InChI=1S/C18H24N2O3/c1-10(2)11-6-13-12(7-15(11)23-3)17(22)20-9-18(4-5-18)8-14(20)16(21)19-13/h6-7,10,14,16,19,21H,4-5,8-9H2,1-3H3. The highest BCUT2D eigenvalue weighted by Crippen LogP contribution is 2.56.